The molecule has 0 nitrogen and oxygen atoms in total. The molecule has 0 amide bonds. The van der Waals surface area contributed by atoms with Crippen molar-refractivity contribution < 1.29 is 25.8 Å². The van der Waals surface area contributed by atoms with Crippen LogP contribution in [0.2, 0.25) is 24.2 Å². The molecule has 34 heavy (non-hydrogen) atoms. The smallest absolute Gasteiger partial charge is 0.358 e. The molecule has 4 rings (SSSR count). The van der Waals surface area contributed by atoms with Crippen molar-refractivity contribution in [2.45, 2.75) is 117 Å². The molecule has 0 aromatic heterocycles. The molecule has 0 aromatic rings. The second-order valence-corrected chi connectivity index (χ2v) is 18.6. The van der Waals surface area contributed by atoms with Gasteiger partial charge in [0.1, 0.15) is 0 Å². The second-order valence-electron chi connectivity index (χ2n) is 13.6. The van der Waals surface area contributed by atoms with E-state index in [4.69, 9.17) is 0 Å². The molecule has 4 fully saturated rings. The van der Waals surface area contributed by atoms with Crippen molar-refractivity contribution in [3.8, 4) is 0 Å². The fourth-order valence-corrected chi connectivity index (χ4v) is 17.4. The van der Waals surface area contributed by atoms with Gasteiger partial charge in [-0.3, -0.25) is 0 Å². The minimum atomic E-state index is -1.31. The summed E-state index contributed by atoms with van der Waals surface area (Å²) in [7, 11) is -1.31. The van der Waals surface area contributed by atoms with Gasteiger partial charge in [-0.25, -0.2) is 0 Å². The molecular formula is C32H64HfSi. The van der Waals surface area contributed by atoms with Crippen LogP contribution in [0.1, 0.15) is 92.9 Å². The van der Waals surface area contributed by atoms with Crippen LogP contribution < -0.4 is 0 Å². The minimum absolute atomic E-state index is 0. The van der Waals surface area contributed by atoms with Crippen molar-refractivity contribution in [1.82, 2.24) is 0 Å². The largest absolute Gasteiger partial charge is 4.00 e. The minimum Gasteiger partial charge on any atom is -0.358 e. The van der Waals surface area contributed by atoms with Crippen LogP contribution >= 0.6 is 0 Å². The molecule has 0 saturated heterocycles. The summed E-state index contributed by atoms with van der Waals surface area (Å²) in [4.78, 5) is 0. The Morgan fingerprint density at radius 2 is 0.882 bits per heavy atom. The van der Waals surface area contributed by atoms with Gasteiger partial charge in [0.05, 0.1) is 8.07 Å². The summed E-state index contributed by atoms with van der Waals surface area (Å²) < 4.78 is 0. The first kappa shape index (κ1) is 37.2. The van der Waals surface area contributed by atoms with Crippen LogP contribution in [0.4, 0.5) is 0 Å². The van der Waals surface area contributed by atoms with Crippen LogP contribution in [0.5, 0.6) is 0 Å². The maximum Gasteiger partial charge on any atom is 4.00 e. The molecule has 200 valence electrons. The number of hydrogen-bond donors (Lipinski definition) is 0. The molecule has 0 aromatic carbocycles. The van der Waals surface area contributed by atoms with E-state index in [-0.39, 0.29) is 55.5 Å². The summed E-state index contributed by atoms with van der Waals surface area (Å²) in [5.41, 5.74) is 2.22. The van der Waals surface area contributed by atoms with Crippen molar-refractivity contribution >= 4 is 8.07 Å². The Morgan fingerprint density at radius 1 is 0.559 bits per heavy atom. The molecule has 0 aliphatic heterocycles. The van der Waals surface area contributed by atoms with Crippen LogP contribution in [-0.2, 0) is 25.8 Å². The van der Waals surface area contributed by atoms with E-state index in [9.17, 15) is 0 Å². The molecule has 2 heteroatoms. The summed E-state index contributed by atoms with van der Waals surface area (Å²) in [5.74, 6) is 10.2. The van der Waals surface area contributed by atoms with Gasteiger partial charge in [-0.15, -0.1) is 0 Å². The standard InChI is InChI=1S/C28H52Si.4CH3.Hf/c1-17(2)21-11-9-13-23-25(21)15-19(5)27(23)29(7,8)28-20(6)16-26-22(18(3)4)12-10-14-24(26)28;;;;;/h17-28H,9-16H2,1-8H3;4*1H3;/q;4*-1;+4. The topological polar surface area (TPSA) is 0 Å². The van der Waals surface area contributed by atoms with E-state index in [1.807, 2.05) is 0 Å². The van der Waals surface area contributed by atoms with Crippen molar-refractivity contribution in [3.05, 3.63) is 29.7 Å². The van der Waals surface area contributed by atoms with Crippen LogP contribution in [0.3, 0.4) is 0 Å². The van der Waals surface area contributed by atoms with Gasteiger partial charge in [-0.05, 0) is 95.9 Å². The van der Waals surface area contributed by atoms with Gasteiger partial charge in [0.25, 0.3) is 0 Å². The average Bonchev–Trinajstić information content (AvgIpc) is 3.16. The van der Waals surface area contributed by atoms with Crippen LogP contribution in [0, 0.1) is 88.9 Å². The molecule has 0 spiro atoms. The van der Waals surface area contributed by atoms with Gasteiger partial charge >= 0.3 is 25.8 Å². The Hall–Kier alpha value is 1.09. The van der Waals surface area contributed by atoms with Crippen molar-refractivity contribution in [2.75, 3.05) is 0 Å². The Labute approximate surface area is 238 Å². The van der Waals surface area contributed by atoms with Crippen LogP contribution in [0.15, 0.2) is 0 Å². The molecule has 10 unspecified atom stereocenters. The SMILES string of the molecule is CC(C)C1CCCC2C1CC(C)C2[Si](C)(C)C1C(C)CC2C(C(C)C)CCCC21.[CH3-].[CH3-].[CH3-].[CH3-].[Hf+4]. The molecule has 0 heterocycles. The molecule has 10 atom stereocenters. The van der Waals surface area contributed by atoms with Crippen molar-refractivity contribution in [3.63, 3.8) is 0 Å². The van der Waals surface area contributed by atoms with E-state index in [2.05, 4.69) is 54.6 Å². The monoisotopic (exact) mass is 656 g/mol. The Balaban J connectivity index is 0. The number of hydrogen-bond acceptors (Lipinski definition) is 0. The first-order valence-electron chi connectivity index (χ1n) is 13.6. The molecule has 0 N–H and O–H groups in total. The predicted molar refractivity (Wildman–Crippen MR) is 157 cm³/mol. The first-order valence-corrected chi connectivity index (χ1v) is 16.8. The van der Waals surface area contributed by atoms with Gasteiger partial charge in [-0.1, -0.05) is 80.3 Å². The normalized spacial score (nSPS) is 41.1. The van der Waals surface area contributed by atoms with Gasteiger partial charge in [0.2, 0.25) is 0 Å². The van der Waals surface area contributed by atoms with E-state index < -0.39 is 8.07 Å². The fourth-order valence-electron chi connectivity index (χ4n) is 10.7. The molecule has 4 aliphatic rings. The molecule has 4 aliphatic carbocycles. The summed E-state index contributed by atoms with van der Waals surface area (Å²) in [6, 6.07) is 0. The van der Waals surface area contributed by atoms with E-state index in [1.165, 1.54) is 25.7 Å². The molecular weight excluding hydrogens is 591 g/mol. The maximum absolute atomic E-state index is 2.89. The van der Waals surface area contributed by atoms with Crippen LogP contribution in [0.25, 0.3) is 0 Å². The number of fused-ring (bicyclic) bond motifs is 2. The van der Waals surface area contributed by atoms with E-state index >= 15 is 0 Å². The van der Waals surface area contributed by atoms with Gasteiger partial charge < -0.3 is 29.7 Å². The third-order valence-corrected chi connectivity index (χ3v) is 16.6. The first-order chi connectivity index (χ1) is 13.6. The quantitative estimate of drug-likeness (QED) is 0.209. The fraction of sp³-hybridized carbons (Fsp3) is 0.875. The zero-order chi connectivity index (χ0) is 21.1. The molecule has 0 bridgehead atoms. The zero-order valence-electron chi connectivity index (χ0n) is 25.6. The van der Waals surface area contributed by atoms with E-state index in [0.29, 0.717) is 0 Å². The summed E-state index contributed by atoms with van der Waals surface area (Å²) in [6.07, 6.45) is 12.4. The Bertz CT molecular complexity index is 521. The maximum atomic E-state index is 2.89. The Morgan fingerprint density at radius 3 is 1.18 bits per heavy atom. The van der Waals surface area contributed by atoms with Gasteiger partial charge in [-0.2, -0.15) is 0 Å². The third kappa shape index (κ3) is 6.38. The Kier molecular flexibility index (Phi) is 15.7. The molecule has 0 radical (unpaired) electrons. The summed E-state index contributed by atoms with van der Waals surface area (Å²) >= 11 is 0. The average molecular weight is 655 g/mol. The molecule has 4 saturated carbocycles. The van der Waals surface area contributed by atoms with Gasteiger partial charge in [0, 0.05) is 0 Å². The third-order valence-electron chi connectivity index (χ3n) is 11.2. The van der Waals surface area contributed by atoms with Gasteiger partial charge in [0.15, 0.2) is 0 Å². The summed E-state index contributed by atoms with van der Waals surface area (Å²) in [6.45, 7) is 21.2. The predicted octanol–water partition coefficient (Wildman–Crippen LogP) is 10.7. The zero-order valence-corrected chi connectivity index (χ0v) is 30.2. The van der Waals surface area contributed by atoms with E-state index in [0.717, 1.165) is 70.3 Å². The summed E-state index contributed by atoms with van der Waals surface area (Å²) in [5, 5.41) is 0. The number of rotatable bonds is 4. The van der Waals surface area contributed by atoms with Crippen molar-refractivity contribution in [1.29, 1.82) is 0 Å². The van der Waals surface area contributed by atoms with E-state index in [1.54, 1.807) is 25.7 Å². The van der Waals surface area contributed by atoms with Crippen LogP contribution in [-0.4, -0.2) is 8.07 Å². The second kappa shape index (κ2) is 14.3. The van der Waals surface area contributed by atoms with Crippen molar-refractivity contribution in [2.24, 2.45) is 59.2 Å².